The highest BCUT2D eigenvalue weighted by Gasteiger charge is 2.30. The van der Waals surface area contributed by atoms with Gasteiger partial charge in [-0.2, -0.15) is 4.31 Å². The zero-order chi connectivity index (χ0) is 23.6. The van der Waals surface area contributed by atoms with Gasteiger partial charge in [0.1, 0.15) is 22.6 Å². The third-order valence-corrected chi connectivity index (χ3v) is 8.11. The molecule has 1 N–H and O–H groups in total. The van der Waals surface area contributed by atoms with Crippen molar-refractivity contribution < 1.29 is 17.6 Å². The van der Waals surface area contributed by atoms with Crippen LogP contribution < -0.4 is 5.32 Å². The number of sulfonamides is 1. The molecule has 7 nitrogen and oxygen atoms in total. The molecule has 3 aromatic rings. The molecule has 1 aliphatic rings. The second-order valence-electron chi connectivity index (χ2n) is 7.93. The van der Waals surface area contributed by atoms with Crippen LogP contribution in [0, 0.1) is 5.82 Å². The standard InChI is InChI=1S/C23H24ClFN4O3S/c1-28-14-11-26-22(28)21(17-7-3-4-8-19(17)25)27-23(30)16-9-10-18(24)20(15-16)33(31,32)29-12-5-2-6-13-29/h3-4,7-11,14-15,21H,2,5-6,12-13H2,1H3,(H,27,30)/t21-/m0/s1. The highest BCUT2D eigenvalue weighted by Crippen LogP contribution is 2.29. The number of aryl methyl sites for hydroxylation is 1. The number of amides is 1. The van der Waals surface area contributed by atoms with E-state index in [1.807, 2.05) is 0 Å². The number of rotatable bonds is 6. The van der Waals surface area contributed by atoms with Crippen LogP contribution in [0.4, 0.5) is 4.39 Å². The van der Waals surface area contributed by atoms with Gasteiger partial charge in [0.2, 0.25) is 10.0 Å². The average molecular weight is 491 g/mol. The summed E-state index contributed by atoms with van der Waals surface area (Å²) in [7, 11) is -2.10. The Hall–Kier alpha value is -2.75. The van der Waals surface area contributed by atoms with Crippen molar-refractivity contribution in [1.29, 1.82) is 0 Å². The van der Waals surface area contributed by atoms with Gasteiger partial charge in [0, 0.05) is 43.7 Å². The van der Waals surface area contributed by atoms with E-state index in [0.29, 0.717) is 18.9 Å². The molecule has 4 rings (SSSR count). The first-order valence-corrected chi connectivity index (χ1v) is 12.4. The van der Waals surface area contributed by atoms with E-state index >= 15 is 0 Å². The lowest BCUT2D eigenvalue weighted by Crippen LogP contribution is -2.36. The van der Waals surface area contributed by atoms with E-state index in [9.17, 15) is 17.6 Å². The number of carbonyl (C=O) groups is 1. The molecule has 0 bridgehead atoms. The molecule has 1 amide bonds. The lowest BCUT2D eigenvalue weighted by molar-refractivity contribution is 0.0940. The Balaban J connectivity index is 1.68. The number of halogens is 2. The maximum absolute atomic E-state index is 14.6. The van der Waals surface area contributed by atoms with E-state index in [1.54, 1.807) is 42.2 Å². The molecular formula is C23H24ClFN4O3S. The fourth-order valence-electron chi connectivity index (χ4n) is 3.95. The number of imidazole rings is 1. The Morgan fingerprint density at radius 3 is 2.55 bits per heavy atom. The largest absolute Gasteiger partial charge is 0.338 e. The van der Waals surface area contributed by atoms with Crippen LogP contribution in [0.15, 0.2) is 59.8 Å². The molecule has 0 radical (unpaired) electrons. The molecule has 1 aliphatic heterocycles. The second-order valence-corrected chi connectivity index (χ2v) is 10.2. The number of hydrogen-bond donors (Lipinski definition) is 1. The van der Waals surface area contributed by atoms with Crippen molar-refractivity contribution >= 4 is 27.5 Å². The highest BCUT2D eigenvalue weighted by atomic mass is 35.5. The summed E-state index contributed by atoms with van der Waals surface area (Å²) >= 11 is 6.23. The third-order valence-electron chi connectivity index (χ3n) is 5.73. The van der Waals surface area contributed by atoms with Crippen LogP contribution in [-0.2, 0) is 17.1 Å². The molecule has 33 heavy (non-hydrogen) atoms. The predicted octanol–water partition coefficient (Wildman–Crippen LogP) is 3.91. The van der Waals surface area contributed by atoms with Crippen LogP contribution >= 0.6 is 11.6 Å². The first-order valence-electron chi connectivity index (χ1n) is 10.6. The van der Waals surface area contributed by atoms with E-state index in [4.69, 9.17) is 11.6 Å². The minimum Gasteiger partial charge on any atom is -0.338 e. The van der Waals surface area contributed by atoms with Crippen molar-refractivity contribution in [3.8, 4) is 0 Å². The van der Waals surface area contributed by atoms with E-state index in [-0.39, 0.29) is 21.0 Å². The fraction of sp³-hybridized carbons (Fsp3) is 0.304. The smallest absolute Gasteiger partial charge is 0.252 e. The lowest BCUT2D eigenvalue weighted by atomic mass is 10.0. The number of nitrogens with zero attached hydrogens (tertiary/aromatic N) is 3. The van der Waals surface area contributed by atoms with Crippen LogP contribution in [0.5, 0.6) is 0 Å². The maximum Gasteiger partial charge on any atom is 0.252 e. The van der Waals surface area contributed by atoms with Crippen LogP contribution in [0.25, 0.3) is 0 Å². The second kappa shape index (κ2) is 9.62. The van der Waals surface area contributed by atoms with Gasteiger partial charge in [-0.25, -0.2) is 17.8 Å². The molecule has 2 heterocycles. The molecule has 2 aromatic carbocycles. The Labute approximate surface area is 197 Å². The molecule has 0 aliphatic carbocycles. The number of nitrogens with one attached hydrogen (secondary N) is 1. The molecule has 1 aromatic heterocycles. The van der Waals surface area contributed by atoms with Crippen LogP contribution in [0.2, 0.25) is 5.02 Å². The quantitative estimate of drug-likeness (QED) is 0.568. The van der Waals surface area contributed by atoms with Crippen molar-refractivity contribution in [3.63, 3.8) is 0 Å². The minimum atomic E-state index is -3.84. The van der Waals surface area contributed by atoms with Gasteiger partial charge in [-0.3, -0.25) is 4.79 Å². The number of piperidine rings is 1. The highest BCUT2D eigenvalue weighted by molar-refractivity contribution is 7.89. The molecule has 0 saturated carbocycles. The van der Waals surface area contributed by atoms with E-state index in [0.717, 1.165) is 19.3 Å². The van der Waals surface area contributed by atoms with Gasteiger partial charge in [0.15, 0.2) is 0 Å². The Bertz CT molecular complexity index is 1270. The van der Waals surface area contributed by atoms with Crippen molar-refractivity contribution in [2.24, 2.45) is 7.05 Å². The molecular weight excluding hydrogens is 467 g/mol. The first kappa shape index (κ1) is 23.4. The summed E-state index contributed by atoms with van der Waals surface area (Å²) in [6, 6.07) is 9.36. The zero-order valence-corrected chi connectivity index (χ0v) is 19.6. The summed E-state index contributed by atoms with van der Waals surface area (Å²) in [6.45, 7) is 0.840. The average Bonchev–Trinajstić information content (AvgIpc) is 3.24. The van der Waals surface area contributed by atoms with E-state index in [2.05, 4.69) is 10.3 Å². The first-order chi connectivity index (χ1) is 15.8. The Kier molecular flexibility index (Phi) is 6.83. The van der Waals surface area contributed by atoms with Crippen LogP contribution in [-0.4, -0.2) is 41.3 Å². The predicted molar refractivity (Wildman–Crippen MR) is 123 cm³/mol. The zero-order valence-electron chi connectivity index (χ0n) is 18.0. The van der Waals surface area contributed by atoms with Crippen molar-refractivity contribution in [3.05, 3.63) is 82.6 Å². The van der Waals surface area contributed by atoms with Crippen LogP contribution in [0.3, 0.4) is 0 Å². The van der Waals surface area contributed by atoms with E-state index < -0.39 is 27.8 Å². The van der Waals surface area contributed by atoms with Crippen molar-refractivity contribution in [2.45, 2.75) is 30.2 Å². The molecule has 1 saturated heterocycles. The van der Waals surface area contributed by atoms with Gasteiger partial charge < -0.3 is 9.88 Å². The summed E-state index contributed by atoms with van der Waals surface area (Å²) in [6.07, 6.45) is 5.80. The molecule has 10 heteroatoms. The van der Waals surface area contributed by atoms with Gasteiger partial charge >= 0.3 is 0 Å². The SMILES string of the molecule is Cn1ccnc1[C@@H](NC(=O)c1ccc(Cl)c(S(=O)(=O)N2CCCCC2)c1)c1ccccc1F. The summed E-state index contributed by atoms with van der Waals surface area (Å²) in [5, 5.41) is 2.85. The number of aromatic nitrogens is 2. The minimum absolute atomic E-state index is 0.0480. The Morgan fingerprint density at radius 1 is 1.15 bits per heavy atom. The number of benzene rings is 2. The van der Waals surface area contributed by atoms with Crippen molar-refractivity contribution in [1.82, 2.24) is 19.2 Å². The number of carbonyl (C=O) groups excluding carboxylic acids is 1. The topological polar surface area (TPSA) is 84.3 Å². The van der Waals surface area contributed by atoms with Gasteiger partial charge in [-0.15, -0.1) is 0 Å². The third kappa shape index (κ3) is 4.80. The summed E-state index contributed by atoms with van der Waals surface area (Å²) in [4.78, 5) is 17.3. The molecule has 174 valence electrons. The fourth-order valence-corrected chi connectivity index (χ4v) is 5.96. The van der Waals surface area contributed by atoms with Gasteiger partial charge in [0.05, 0.1) is 5.02 Å². The van der Waals surface area contributed by atoms with E-state index in [1.165, 1.54) is 28.6 Å². The van der Waals surface area contributed by atoms with Gasteiger partial charge in [-0.05, 0) is 37.1 Å². The van der Waals surface area contributed by atoms with Crippen molar-refractivity contribution in [2.75, 3.05) is 13.1 Å². The molecule has 0 spiro atoms. The molecule has 1 atom stereocenters. The van der Waals surface area contributed by atoms with Crippen LogP contribution in [0.1, 0.15) is 47.1 Å². The summed E-state index contributed by atoms with van der Waals surface area (Å²) < 4.78 is 44.0. The molecule has 0 unspecified atom stereocenters. The Morgan fingerprint density at radius 2 is 1.88 bits per heavy atom. The normalized spacial score (nSPS) is 15.8. The summed E-state index contributed by atoms with van der Waals surface area (Å²) in [5.74, 6) is -0.628. The monoisotopic (exact) mass is 490 g/mol. The summed E-state index contributed by atoms with van der Waals surface area (Å²) in [5.41, 5.74) is 0.348. The number of hydrogen-bond acceptors (Lipinski definition) is 4. The van der Waals surface area contributed by atoms with Gasteiger partial charge in [-0.1, -0.05) is 36.2 Å². The maximum atomic E-state index is 14.6. The lowest BCUT2D eigenvalue weighted by Gasteiger charge is -2.26. The molecule has 1 fully saturated rings. The van der Waals surface area contributed by atoms with Gasteiger partial charge in [0.25, 0.3) is 5.91 Å².